The monoisotopic (exact) mass is 348 g/mol. The van der Waals surface area contributed by atoms with E-state index in [1.54, 1.807) is 18.2 Å². The number of amides is 1. The molecule has 0 bridgehead atoms. The predicted octanol–water partition coefficient (Wildman–Crippen LogP) is 3.46. The quantitative estimate of drug-likeness (QED) is 0.738. The topological polar surface area (TPSA) is 32.8 Å². The van der Waals surface area contributed by atoms with Crippen LogP contribution in [0.2, 0.25) is 0 Å². The van der Waals surface area contributed by atoms with Gasteiger partial charge in [-0.25, -0.2) is 4.39 Å². The highest BCUT2D eigenvalue weighted by atomic mass is 19.1. The van der Waals surface area contributed by atoms with Crippen molar-refractivity contribution in [3.05, 3.63) is 30.1 Å². The van der Waals surface area contributed by atoms with Gasteiger partial charge < -0.3 is 14.5 Å². The molecular weight excluding hydrogens is 319 g/mol. The number of hydrogen-bond donors (Lipinski definition) is 0. The summed E-state index contributed by atoms with van der Waals surface area (Å²) >= 11 is 0. The van der Waals surface area contributed by atoms with Crippen LogP contribution in [0.25, 0.3) is 0 Å². The summed E-state index contributed by atoms with van der Waals surface area (Å²) in [5.74, 6) is 0.117. The Morgan fingerprint density at radius 2 is 1.88 bits per heavy atom. The minimum atomic E-state index is -0.353. The van der Waals surface area contributed by atoms with E-state index in [1.165, 1.54) is 38.4 Å². The molecule has 3 rings (SSSR count). The van der Waals surface area contributed by atoms with E-state index in [1.807, 2.05) is 4.90 Å². The van der Waals surface area contributed by atoms with Crippen LogP contribution >= 0.6 is 0 Å². The number of benzene rings is 1. The highest BCUT2D eigenvalue weighted by molar-refractivity contribution is 5.76. The van der Waals surface area contributed by atoms with Crippen LogP contribution in [-0.4, -0.2) is 54.5 Å². The highest BCUT2D eigenvalue weighted by Crippen LogP contribution is 2.22. The molecule has 1 aromatic rings. The lowest BCUT2D eigenvalue weighted by molar-refractivity contribution is -0.131. The van der Waals surface area contributed by atoms with Gasteiger partial charge in [0.15, 0.2) is 11.6 Å². The molecule has 0 aliphatic carbocycles. The molecule has 138 valence electrons. The van der Waals surface area contributed by atoms with Gasteiger partial charge in [0.05, 0.1) is 6.61 Å². The molecule has 2 fully saturated rings. The Hall–Kier alpha value is -1.62. The van der Waals surface area contributed by atoms with Gasteiger partial charge in [0.2, 0.25) is 5.91 Å². The van der Waals surface area contributed by atoms with Crippen molar-refractivity contribution >= 4 is 5.91 Å². The van der Waals surface area contributed by atoms with Gasteiger partial charge in [0.1, 0.15) is 0 Å². The van der Waals surface area contributed by atoms with Gasteiger partial charge >= 0.3 is 0 Å². The standard InChI is InChI=1S/C20H29FN2O2/c21-18-8-1-2-9-19(18)25-16-6-10-20(24)23-14-5-7-17(11-15-23)22-12-3-4-13-22/h1-2,8-9,17H,3-7,10-16H2. The number of rotatable bonds is 6. The van der Waals surface area contributed by atoms with Crippen LogP contribution in [-0.2, 0) is 4.79 Å². The summed E-state index contributed by atoms with van der Waals surface area (Å²) in [6, 6.07) is 7.04. The van der Waals surface area contributed by atoms with Crippen LogP contribution in [0.4, 0.5) is 4.39 Å². The normalized spacial score (nSPS) is 22.0. The van der Waals surface area contributed by atoms with Crippen LogP contribution in [0.5, 0.6) is 5.75 Å². The van der Waals surface area contributed by atoms with Crippen LogP contribution in [0.15, 0.2) is 24.3 Å². The predicted molar refractivity (Wildman–Crippen MR) is 96.2 cm³/mol. The number of carbonyl (C=O) groups excluding carboxylic acids is 1. The SMILES string of the molecule is O=C(CCCOc1ccccc1F)N1CCCC(N2CCCC2)CC1. The zero-order valence-electron chi connectivity index (χ0n) is 15.0. The molecule has 1 atom stereocenters. The third kappa shape index (κ3) is 5.18. The van der Waals surface area contributed by atoms with Gasteiger partial charge in [-0.05, 0) is 63.7 Å². The van der Waals surface area contributed by atoms with Crippen LogP contribution in [0.1, 0.15) is 44.9 Å². The largest absolute Gasteiger partial charge is 0.491 e. The van der Waals surface area contributed by atoms with E-state index in [2.05, 4.69) is 4.90 Å². The van der Waals surface area contributed by atoms with Crippen molar-refractivity contribution in [3.63, 3.8) is 0 Å². The Labute approximate surface area is 149 Å². The van der Waals surface area contributed by atoms with Crippen molar-refractivity contribution in [1.82, 2.24) is 9.80 Å². The third-order valence-electron chi connectivity index (χ3n) is 5.34. The molecule has 1 aromatic carbocycles. The lowest BCUT2D eigenvalue weighted by atomic mass is 10.1. The molecule has 1 unspecified atom stereocenters. The highest BCUT2D eigenvalue weighted by Gasteiger charge is 2.26. The fraction of sp³-hybridized carbons (Fsp3) is 0.650. The van der Waals surface area contributed by atoms with E-state index in [0.29, 0.717) is 25.5 Å². The Kier molecular flexibility index (Phi) is 6.68. The second-order valence-electron chi connectivity index (χ2n) is 7.09. The van der Waals surface area contributed by atoms with Crippen LogP contribution < -0.4 is 4.74 Å². The lowest BCUT2D eigenvalue weighted by Crippen LogP contribution is -2.35. The molecule has 4 nitrogen and oxygen atoms in total. The van der Waals surface area contributed by atoms with E-state index < -0.39 is 0 Å². The number of halogens is 1. The molecule has 2 aliphatic rings. The van der Waals surface area contributed by atoms with Crippen molar-refractivity contribution in [2.45, 2.75) is 51.0 Å². The zero-order valence-corrected chi connectivity index (χ0v) is 15.0. The molecule has 0 saturated carbocycles. The second kappa shape index (κ2) is 9.18. The first-order chi connectivity index (χ1) is 12.2. The van der Waals surface area contributed by atoms with Crippen LogP contribution in [0, 0.1) is 5.82 Å². The van der Waals surface area contributed by atoms with Gasteiger partial charge in [0.25, 0.3) is 0 Å². The number of hydrogen-bond acceptors (Lipinski definition) is 3. The minimum absolute atomic E-state index is 0.208. The smallest absolute Gasteiger partial charge is 0.222 e. The average molecular weight is 348 g/mol. The average Bonchev–Trinajstić information content (AvgIpc) is 3.04. The van der Waals surface area contributed by atoms with E-state index in [0.717, 1.165) is 25.9 Å². The van der Waals surface area contributed by atoms with Gasteiger partial charge in [0, 0.05) is 25.6 Å². The molecule has 0 aromatic heterocycles. The van der Waals surface area contributed by atoms with Gasteiger partial charge in [-0.1, -0.05) is 12.1 Å². The molecule has 2 heterocycles. The maximum atomic E-state index is 13.5. The van der Waals surface area contributed by atoms with Crippen molar-refractivity contribution < 1.29 is 13.9 Å². The van der Waals surface area contributed by atoms with E-state index in [-0.39, 0.29) is 17.5 Å². The van der Waals surface area contributed by atoms with Crippen LogP contribution in [0.3, 0.4) is 0 Å². The molecule has 2 aliphatic heterocycles. The fourth-order valence-electron chi connectivity index (χ4n) is 3.93. The summed E-state index contributed by atoms with van der Waals surface area (Å²) < 4.78 is 18.9. The Morgan fingerprint density at radius 3 is 2.68 bits per heavy atom. The van der Waals surface area contributed by atoms with Crippen molar-refractivity contribution in [1.29, 1.82) is 0 Å². The second-order valence-corrected chi connectivity index (χ2v) is 7.09. The number of nitrogens with zero attached hydrogens (tertiary/aromatic N) is 2. The number of para-hydroxylation sites is 1. The van der Waals surface area contributed by atoms with Crippen molar-refractivity contribution in [2.24, 2.45) is 0 Å². The summed E-state index contributed by atoms with van der Waals surface area (Å²) in [6.07, 6.45) is 7.14. The summed E-state index contributed by atoms with van der Waals surface area (Å²) in [7, 11) is 0. The number of ether oxygens (including phenoxy) is 1. The van der Waals surface area contributed by atoms with E-state index in [9.17, 15) is 9.18 Å². The Balaban J connectivity index is 1.37. The summed E-state index contributed by atoms with van der Waals surface area (Å²) in [4.78, 5) is 17.1. The summed E-state index contributed by atoms with van der Waals surface area (Å²) in [5.41, 5.74) is 0. The number of likely N-dealkylation sites (tertiary alicyclic amines) is 2. The van der Waals surface area contributed by atoms with Gasteiger partial charge in [-0.3, -0.25) is 4.79 Å². The van der Waals surface area contributed by atoms with Gasteiger partial charge in [-0.2, -0.15) is 0 Å². The summed E-state index contributed by atoms with van der Waals surface area (Å²) in [5, 5.41) is 0. The lowest BCUT2D eigenvalue weighted by Gasteiger charge is -2.26. The maximum absolute atomic E-state index is 13.5. The van der Waals surface area contributed by atoms with Crippen molar-refractivity contribution in [3.8, 4) is 5.75 Å². The molecule has 0 radical (unpaired) electrons. The summed E-state index contributed by atoms with van der Waals surface area (Å²) in [6.45, 7) is 4.57. The number of carbonyl (C=O) groups is 1. The molecule has 25 heavy (non-hydrogen) atoms. The molecule has 0 spiro atoms. The first-order valence-electron chi connectivity index (χ1n) is 9.63. The van der Waals surface area contributed by atoms with Crippen molar-refractivity contribution in [2.75, 3.05) is 32.8 Å². The molecule has 1 amide bonds. The maximum Gasteiger partial charge on any atom is 0.222 e. The first kappa shape index (κ1) is 18.2. The molecule has 0 N–H and O–H groups in total. The zero-order chi connectivity index (χ0) is 17.5. The van der Waals surface area contributed by atoms with E-state index in [4.69, 9.17) is 4.74 Å². The molecule has 2 saturated heterocycles. The molecular formula is C20H29FN2O2. The Morgan fingerprint density at radius 1 is 1.08 bits per heavy atom. The fourth-order valence-corrected chi connectivity index (χ4v) is 3.93. The molecule has 5 heteroatoms. The minimum Gasteiger partial charge on any atom is -0.491 e. The van der Waals surface area contributed by atoms with Gasteiger partial charge in [-0.15, -0.1) is 0 Å². The van der Waals surface area contributed by atoms with E-state index >= 15 is 0 Å². The Bertz CT molecular complexity index is 560. The first-order valence-corrected chi connectivity index (χ1v) is 9.63. The third-order valence-corrected chi connectivity index (χ3v) is 5.34.